The highest BCUT2D eigenvalue weighted by molar-refractivity contribution is 5.52. The molecule has 0 saturated carbocycles. The Labute approximate surface area is 51.5 Å². The van der Waals surface area contributed by atoms with Crippen molar-refractivity contribution in [3.8, 4) is 5.88 Å². The van der Waals surface area contributed by atoms with Gasteiger partial charge in [-0.15, -0.1) is 0 Å². The van der Waals surface area contributed by atoms with Crippen molar-refractivity contribution in [3.63, 3.8) is 0 Å². The summed E-state index contributed by atoms with van der Waals surface area (Å²) >= 11 is 0. The lowest BCUT2D eigenvalue weighted by atomic mass is 10.5. The molecule has 0 amide bonds. The van der Waals surface area contributed by atoms with Crippen LogP contribution in [0.4, 0.5) is 0 Å². The maximum Gasteiger partial charge on any atom is 0.208 e. The van der Waals surface area contributed by atoms with E-state index in [4.69, 9.17) is 5.11 Å². The maximum atomic E-state index is 9.84. The number of hydrogen-bond acceptors (Lipinski definition) is 3. The molecule has 4 nitrogen and oxygen atoms in total. The van der Waals surface area contributed by atoms with Gasteiger partial charge in [-0.3, -0.25) is 0 Å². The van der Waals surface area contributed by atoms with E-state index in [1.807, 2.05) is 0 Å². The molecule has 0 atom stereocenters. The zero-order chi connectivity index (χ0) is 6.69. The normalized spacial score (nSPS) is 9.33. The first kappa shape index (κ1) is 5.81. The van der Waals surface area contributed by atoms with E-state index in [2.05, 4.69) is 9.97 Å². The molecule has 0 fully saturated rings. The van der Waals surface area contributed by atoms with E-state index >= 15 is 0 Å². The lowest BCUT2D eigenvalue weighted by Crippen LogP contribution is -1.86. The van der Waals surface area contributed by atoms with Gasteiger partial charge >= 0.3 is 0 Å². The molecule has 48 valence electrons. The van der Waals surface area contributed by atoms with Crippen LogP contribution in [-0.2, 0) is 11.2 Å². The molecule has 0 bridgehead atoms. The van der Waals surface area contributed by atoms with E-state index in [1.54, 1.807) is 0 Å². The van der Waals surface area contributed by atoms with Crippen molar-refractivity contribution in [2.24, 2.45) is 0 Å². The van der Waals surface area contributed by atoms with Gasteiger partial charge in [0, 0.05) is 0 Å². The smallest absolute Gasteiger partial charge is 0.208 e. The average molecular weight is 126 g/mol. The molecular formula is C5H6N2O2. The van der Waals surface area contributed by atoms with Crippen LogP contribution in [0.3, 0.4) is 0 Å². The van der Waals surface area contributed by atoms with Crippen LogP contribution >= 0.6 is 0 Å². The first-order valence-electron chi connectivity index (χ1n) is 2.49. The number of nitrogens with zero attached hydrogens (tertiary/aromatic N) is 1. The highest BCUT2D eigenvalue weighted by atomic mass is 16.3. The second-order valence-electron chi connectivity index (χ2n) is 1.59. The van der Waals surface area contributed by atoms with Crippen LogP contribution in [0.5, 0.6) is 5.88 Å². The molecule has 1 rings (SSSR count). The van der Waals surface area contributed by atoms with Crippen molar-refractivity contribution < 1.29 is 9.90 Å². The van der Waals surface area contributed by atoms with Gasteiger partial charge < -0.3 is 14.9 Å². The van der Waals surface area contributed by atoms with Gasteiger partial charge in [0.25, 0.3) is 0 Å². The monoisotopic (exact) mass is 126 g/mol. The average Bonchev–Trinajstić information content (AvgIpc) is 2.17. The van der Waals surface area contributed by atoms with E-state index in [9.17, 15) is 4.79 Å². The second-order valence-corrected chi connectivity index (χ2v) is 1.59. The number of H-pyrrole nitrogens is 1. The molecule has 2 N–H and O–H groups in total. The van der Waals surface area contributed by atoms with E-state index < -0.39 is 0 Å². The molecule has 0 unspecified atom stereocenters. The van der Waals surface area contributed by atoms with E-state index in [1.165, 1.54) is 6.20 Å². The SMILES string of the molecule is O=CCc1ncc(O)[nH]1. The Hall–Kier alpha value is -1.32. The number of hydrogen-bond donors (Lipinski definition) is 2. The van der Waals surface area contributed by atoms with Crippen LogP contribution in [0, 0.1) is 0 Å². The number of rotatable bonds is 2. The summed E-state index contributed by atoms with van der Waals surface area (Å²) in [7, 11) is 0. The highest BCUT2D eigenvalue weighted by Gasteiger charge is 1.94. The summed E-state index contributed by atoms with van der Waals surface area (Å²) in [5, 5.41) is 8.65. The predicted octanol–water partition coefficient (Wildman–Crippen LogP) is -0.143. The summed E-state index contributed by atoms with van der Waals surface area (Å²) in [5.74, 6) is 0.481. The lowest BCUT2D eigenvalue weighted by Gasteiger charge is -1.81. The zero-order valence-electron chi connectivity index (χ0n) is 4.66. The number of aldehydes is 1. The Morgan fingerprint density at radius 3 is 3.11 bits per heavy atom. The number of carbonyl (C=O) groups is 1. The topological polar surface area (TPSA) is 66.0 Å². The van der Waals surface area contributed by atoms with Gasteiger partial charge in [-0.2, -0.15) is 0 Å². The highest BCUT2D eigenvalue weighted by Crippen LogP contribution is 2.01. The van der Waals surface area contributed by atoms with Crippen molar-refractivity contribution in [1.29, 1.82) is 0 Å². The minimum atomic E-state index is -0.00755. The van der Waals surface area contributed by atoms with E-state index in [-0.39, 0.29) is 12.3 Å². The quantitative estimate of drug-likeness (QED) is 0.542. The van der Waals surface area contributed by atoms with Crippen molar-refractivity contribution in [2.45, 2.75) is 6.42 Å². The summed E-state index contributed by atoms with van der Waals surface area (Å²) < 4.78 is 0. The number of carbonyl (C=O) groups excluding carboxylic acids is 1. The van der Waals surface area contributed by atoms with Crippen LogP contribution in [0.1, 0.15) is 5.82 Å². The third-order valence-corrected chi connectivity index (χ3v) is 0.892. The molecule has 0 aliphatic carbocycles. The second kappa shape index (κ2) is 2.30. The number of imidazole rings is 1. The molecule has 0 saturated heterocycles. The number of nitrogens with one attached hydrogen (secondary N) is 1. The molecule has 0 aliphatic rings. The van der Waals surface area contributed by atoms with Gasteiger partial charge in [-0.25, -0.2) is 4.98 Å². The van der Waals surface area contributed by atoms with Crippen LogP contribution in [0.2, 0.25) is 0 Å². The molecule has 0 radical (unpaired) electrons. The summed E-state index contributed by atoms with van der Waals surface area (Å²) in [6, 6.07) is 0. The Balaban J connectivity index is 2.72. The third kappa shape index (κ3) is 1.28. The molecule has 9 heavy (non-hydrogen) atoms. The Morgan fingerprint density at radius 1 is 1.89 bits per heavy atom. The van der Waals surface area contributed by atoms with Crippen LogP contribution < -0.4 is 0 Å². The number of aromatic nitrogens is 2. The molecule has 0 aliphatic heterocycles. The summed E-state index contributed by atoms with van der Waals surface area (Å²) in [6.07, 6.45) is 2.21. The van der Waals surface area contributed by atoms with Gasteiger partial charge in [0.05, 0.1) is 12.6 Å². The molecular weight excluding hydrogens is 120 g/mol. The summed E-state index contributed by atoms with van der Waals surface area (Å²) in [4.78, 5) is 16.0. The van der Waals surface area contributed by atoms with Crippen molar-refractivity contribution >= 4 is 6.29 Å². The van der Waals surface area contributed by atoms with Gasteiger partial charge in [0.15, 0.2) is 0 Å². The van der Waals surface area contributed by atoms with Gasteiger partial charge in [-0.1, -0.05) is 0 Å². The lowest BCUT2D eigenvalue weighted by molar-refractivity contribution is -0.107. The maximum absolute atomic E-state index is 9.84. The fraction of sp³-hybridized carbons (Fsp3) is 0.200. The van der Waals surface area contributed by atoms with Crippen LogP contribution in [0.25, 0.3) is 0 Å². The molecule has 4 heteroatoms. The van der Waals surface area contributed by atoms with Crippen LogP contribution in [0.15, 0.2) is 6.20 Å². The van der Waals surface area contributed by atoms with Crippen molar-refractivity contribution in [2.75, 3.05) is 0 Å². The predicted molar refractivity (Wildman–Crippen MR) is 30.0 cm³/mol. The fourth-order valence-electron chi connectivity index (χ4n) is 0.534. The molecule has 1 aromatic heterocycles. The first-order valence-corrected chi connectivity index (χ1v) is 2.49. The van der Waals surface area contributed by atoms with E-state index in [0.29, 0.717) is 5.82 Å². The Kier molecular flexibility index (Phi) is 1.48. The Morgan fingerprint density at radius 2 is 2.67 bits per heavy atom. The summed E-state index contributed by atoms with van der Waals surface area (Å²) in [6.45, 7) is 0. The van der Waals surface area contributed by atoms with Gasteiger partial charge in [0.1, 0.15) is 12.1 Å². The molecule has 1 aromatic rings. The first-order chi connectivity index (χ1) is 4.33. The third-order valence-electron chi connectivity index (χ3n) is 0.892. The number of aromatic hydroxyl groups is 1. The van der Waals surface area contributed by atoms with Crippen molar-refractivity contribution in [1.82, 2.24) is 9.97 Å². The standard InChI is InChI=1S/C5H6N2O2/c8-2-1-4-6-3-5(9)7-4/h2-3,9H,1H2,(H,6,7). The zero-order valence-corrected chi connectivity index (χ0v) is 4.66. The fourth-order valence-corrected chi connectivity index (χ4v) is 0.534. The van der Waals surface area contributed by atoms with Gasteiger partial charge in [0.2, 0.25) is 5.88 Å². The van der Waals surface area contributed by atoms with Crippen LogP contribution in [-0.4, -0.2) is 21.4 Å². The molecule has 1 heterocycles. The molecule has 0 aromatic carbocycles. The van der Waals surface area contributed by atoms with E-state index in [0.717, 1.165) is 6.29 Å². The van der Waals surface area contributed by atoms with Crippen molar-refractivity contribution in [3.05, 3.63) is 12.0 Å². The largest absolute Gasteiger partial charge is 0.493 e. The summed E-state index contributed by atoms with van der Waals surface area (Å²) in [5.41, 5.74) is 0. The Bertz CT molecular complexity index is 206. The minimum Gasteiger partial charge on any atom is -0.493 e. The number of aromatic amines is 1. The molecule has 0 spiro atoms. The van der Waals surface area contributed by atoms with Gasteiger partial charge in [-0.05, 0) is 0 Å². The minimum absolute atomic E-state index is 0.00755.